The summed E-state index contributed by atoms with van der Waals surface area (Å²) in [5.74, 6) is -0.273. The Labute approximate surface area is 195 Å². The second-order valence-electron chi connectivity index (χ2n) is 7.94. The topological polar surface area (TPSA) is 95.7 Å². The van der Waals surface area contributed by atoms with Gasteiger partial charge in [-0.05, 0) is 37.8 Å². The Morgan fingerprint density at radius 2 is 2.12 bits per heavy atom. The van der Waals surface area contributed by atoms with Crippen LogP contribution in [0.5, 0.6) is 11.5 Å². The molecule has 172 valence electrons. The summed E-state index contributed by atoms with van der Waals surface area (Å²) in [6, 6.07) is 2.59. The third-order valence-electron chi connectivity index (χ3n) is 5.82. The van der Waals surface area contributed by atoms with E-state index >= 15 is 0 Å². The fourth-order valence-corrected chi connectivity index (χ4v) is 4.64. The molecular formula is C22H24Cl2FN3O4. The number of halogens is 3. The number of benzene rings is 1. The zero-order valence-electron chi connectivity index (χ0n) is 17.5. The van der Waals surface area contributed by atoms with Gasteiger partial charge >= 0.3 is 0 Å². The van der Waals surface area contributed by atoms with Gasteiger partial charge in [-0.15, -0.1) is 0 Å². The number of carbonyl (C=O) groups is 1. The van der Waals surface area contributed by atoms with Crippen molar-refractivity contribution in [1.29, 1.82) is 0 Å². The lowest BCUT2D eigenvalue weighted by Gasteiger charge is -2.22. The number of nitrogens with two attached hydrogens (primary N) is 1. The van der Waals surface area contributed by atoms with Crippen LogP contribution in [0, 0.1) is 11.7 Å². The normalized spacial score (nSPS) is 19.2. The quantitative estimate of drug-likeness (QED) is 0.595. The molecule has 2 atom stereocenters. The van der Waals surface area contributed by atoms with E-state index in [1.54, 1.807) is 6.92 Å². The van der Waals surface area contributed by atoms with Crippen LogP contribution in [0.25, 0.3) is 0 Å². The highest BCUT2D eigenvalue weighted by Crippen LogP contribution is 2.46. The second-order valence-corrected chi connectivity index (χ2v) is 8.72. The summed E-state index contributed by atoms with van der Waals surface area (Å²) in [7, 11) is 0. The first-order valence-electron chi connectivity index (χ1n) is 10.4. The Morgan fingerprint density at radius 1 is 1.38 bits per heavy atom. The summed E-state index contributed by atoms with van der Waals surface area (Å²) in [5, 5.41) is 3.14. The third kappa shape index (κ3) is 4.58. The van der Waals surface area contributed by atoms with E-state index in [0.717, 1.165) is 26.1 Å². The van der Waals surface area contributed by atoms with Crippen LogP contribution in [-0.2, 0) is 9.53 Å². The Balaban J connectivity index is 1.52. The van der Waals surface area contributed by atoms with Gasteiger partial charge in [0.05, 0.1) is 5.02 Å². The number of hydrogen-bond donors (Lipinski definition) is 2. The van der Waals surface area contributed by atoms with Gasteiger partial charge in [0.1, 0.15) is 24.4 Å². The van der Waals surface area contributed by atoms with Crippen LogP contribution in [-0.4, -0.2) is 37.3 Å². The van der Waals surface area contributed by atoms with Crippen LogP contribution in [0.1, 0.15) is 42.9 Å². The third-order valence-corrected chi connectivity index (χ3v) is 6.53. The number of amides is 1. The van der Waals surface area contributed by atoms with Gasteiger partial charge in [-0.2, -0.15) is 0 Å². The number of hydrogen-bond acceptors (Lipinski definition) is 6. The highest BCUT2D eigenvalue weighted by Gasteiger charge is 2.35. The van der Waals surface area contributed by atoms with Gasteiger partial charge in [-0.1, -0.05) is 23.2 Å². The number of fused-ring (bicyclic) bond motifs is 1. The molecule has 1 aromatic carbocycles. The fourth-order valence-electron chi connectivity index (χ4n) is 3.96. The second kappa shape index (κ2) is 9.68. The predicted octanol–water partition coefficient (Wildman–Crippen LogP) is 4.27. The molecule has 4 rings (SSSR count). The van der Waals surface area contributed by atoms with Crippen molar-refractivity contribution in [1.82, 2.24) is 10.3 Å². The van der Waals surface area contributed by atoms with Crippen molar-refractivity contribution >= 4 is 34.9 Å². The van der Waals surface area contributed by atoms with Crippen molar-refractivity contribution in [3.05, 3.63) is 45.3 Å². The number of nitrogen functional groups attached to an aromatic ring is 1. The SMILES string of the molecule is C[C@@H](Oc1c(N)ncc2c1OCC2C(=O)NCC1CCOCC1)c1c(Cl)ccc(F)c1Cl. The fraction of sp³-hybridized carbons (Fsp3) is 0.455. The summed E-state index contributed by atoms with van der Waals surface area (Å²) in [6.45, 7) is 3.84. The molecular weight excluding hydrogens is 460 g/mol. The molecule has 0 aliphatic carbocycles. The monoisotopic (exact) mass is 483 g/mol. The minimum absolute atomic E-state index is 0.0857. The van der Waals surface area contributed by atoms with E-state index in [4.69, 9.17) is 43.1 Å². The molecule has 10 heteroatoms. The largest absolute Gasteiger partial charge is 0.488 e. The Hall–Kier alpha value is -2.29. The molecule has 1 fully saturated rings. The van der Waals surface area contributed by atoms with Crippen LogP contribution in [0.3, 0.4) is 0 Å². The van der Waals surface area contributed by atoms with Gasteiger partial charge in [0.2, 0.25) is 11.7 Å². The lowest BCUT2D eigenvalue weighted by Crippen LogP contribution is -2.35. The molecule has 1 aromatic heterocycles. The molecule has 2 aromatic rings. The molecule has 2 aliphatic rings. The van der Waals surface area contributed by atoms with Gasteiger partial charge in [0.25, 0.3) is 0 Å². The van der Waals surface area contributed by atoms with Gasteiger partial charge in [0.15, 0.2) is 11.6 Å². The zero-order chi connectivity index (χ0) is 22.8. The lowest BCUT2D eigenvalue weighted by molar-refractivity contribution is -0.123. The average molecular weight is 484 g/mol. The Morgan fingerprint density at radius 3 is 2.88 bits per heavy atom. The number of pyridine rings is 1. The first-order chi connectivity index (χ1) is 15.4. The molecule has 3 heterocycles. The number of nitrogens with one attached hydrogen (secondary N) is 1. The highest BCUT2D eigenvalue weighted by molar-refractivity contribution is 6.36. The molecule has 1 amide bonds. The van der Waals surface area contributed by atoms with Crippen molar-refractivity contribution in [2.45, 2.75) is 31.8 Å². The lowest BCUT2D eigenvalue weighted by atomic mass is 9.98. The first-order valence-corrected chi connectivity index (χ1v) is 11.2. The maximum atomic E-state index is 13.9. The standard InChI is InChI=1S/C22H24Cl2FN3O4/c1-11(17-15(23)2-3-16(25)18(17)24)32-20-19-13(9-27-21(20)26)14(10-31-19)22(29)28-8-12-4-6-30-7-5-12/h2-3,9,11-12,14H,4-8,10H2,1H3,(H2,26,27)(H,28,29)/t11-,14?/m1/s1. The van der Waals surface area contributed by atoms with Crippen molar-refractivity contribution < 1.29 is 23.4 Å². The zero-order valence-corrected chi connectivity index (χ0v) is 19.0. The number of nitrogens with zero attached hydrogens (tertiary/aromatic N) is 1. The number of rotatable bonds is 6. The van der Waals surface area contributed by atoms with Gasteiger partial charge in [0, 0.05) is 42.1 Å². The molecule has 0 radical (unpaired) electrons. The van der Waals surface area contributed by atoms with E-state index in [2.05, 4.69) is 10.3 Å². The summed E-state index contributed by atoms with van der Waals surface area (Å²) >= 11 is 12.3. The average Bonchev–Trinajstić information content (AvgIpc) is 3.22. The Kier molecular flexibility index (Phi) is 6.93. The predicted molar refractivity (Wildman–Crippen MR) is 119 cm³/mol. The minimum Gasteiger partial charge on any atom is -0.488 e. The summed E-state index contributed by atoms with van der Waals surface area (Å²) in [5.41, 5.74) is 6.91. The van der Waals surface area contributed by atoms with Gasteiger partial charge < -0.3 is 25.3 Å². The summed E-state index contributed by atoms with van der Waals surface area (Å²) in [4.78, 5) is 17.0. The maximum Gasteiger partial charge on any atom is 0.231 e. The number of anilines is 1. The molecule has 0 spiro atoms. The highest BCUT2D eigenvalue weighted by atomic mass is 35.5. The maximum absolute atomic E-state index is 13.9. The van der Waals surface area contributed by atoms with Crippen LogP contribution in [0.15, 0.2) is 18.3 Å². The van der Waals surface area contributed by atoms with Crippen molar-refractivity contribution in [2.24, 2.45) is 5.92 Å². The van der Waals surface area contributed by atoms with Crippen molar-refractivity contribution in [2.75, 3.05) is 32.1 Å². The van der Waals surface area contributed by atoms with Gasteiger partial charge in [-0.3, -0.25) is 4.79 Å². The first kappa shape index (κ1) is 22.9. The van der Waals surface area contributed by atoms with E-state index in [-0.39, 0.29) is 39.7 Å². The van der Waals surface area contributed by atoms with E-state index in [9.17, 15) is 9.18 Å². The summed E-state index contributed by atoms with van der Waals surface area (Å²) in [6.07, 6.45) is 2.64. The Bertz CT molecular complexity index is 1020. The van der Waals surface area contributed by atoms with Crippen LogP contribution < -0.4 is 20.5 Å². The number of aromatic nitrogens is 1. The van der Waals surface area contributed by atoms with Crippen LogP contribution in [0.2, 0.25) is 10.0 Å². The molecule has 32 heavy (non-hydrogen) atoms. The van der Waals surface area contributed by atoms with E-state index in [1.807, 2.05) is 0 Å². The molecule has 3 N–H and O–H groups in total. The van der Waals surface area contributed by atoms with E-state index < -0.39 is 17.8 Å². The van der Waals surface area contributed by atoms with Crippen LogP contribution >= 0.6 is 23.2 Å². The van der Waals surface area contributed by atoms with Crippen LogP contribution in [0.4, 0.5) is 10.2 Å². The molecule has 0 saturated carbocycles. The molecule has 7 nitrogen and oxygen atoms in total. The minimum atomic E-state index is -0.744. The molecule has 2 aliphatic heterocycles. The number of ether oxygens (including phenoxy) is 3. The van der Waals surface area contributed by atoms with Crippen molar-refractivity contribution in [3.8, 4) is 11.5 Å². The van der Waals surface area contributed by atoms with Crippen molar-refractivity contribution in [3.63, 3.8) is 0 Å². The number of carbonyl (C=O) groups excluding carboxylic acids is 1. The molecule has 0 bridgehead atoms. The smallest absolute Gasteiger partial charge is 0.231 e. The van der Waals surface area contributed by atoms with E-state index in [1.165, 1.54) is 18.3 Å². The molecule has 1 saturated heterocycles. The summed E-state index contributed by atoms with van der Waals surface area (Å²) < 4.78 is 31.1. The van der Waals surface area contributed by atoms with E-state index in [0.29, 0.717) is 23.8 Å². The molecule has 1 unspecified atom stereocenters. The van der Waals surface area contributed by atoms with Gasteiger partial charge in [-0.25, -0.2) is 9.37 Å².